The van der Waals surface area contributed by atoms with Crippen molar-refractivity contribution in [1.82, 2.24) is 4.98 Å². The summed E-state index contributed by atoms with van der Waals surface area (Å²) >= 11 is 0. The third-order valence-electron chi connectivity index (χ3n) is 1.20. The van der Waals surface area contributed by atoms with E-state index in [1.165, 1.54) is 19.3 Å². The van der Waals surface area contributed by atoms with Crippen LogP contribution in [-0.2, 0) is 0 Å². The molecule has 0 atom stereocenters. The maximum atomic E-state index is 10.4. The molecule has 0 radical (unpaired) electrons. The van der Waals surface area contributed by atoms with Gasteiger partial charge >= 0.3 is 0 Å². The molecule has 3 N–H and O–H groups in total. The summed E-state index contributed by atoms with van der Waals surface area (Å²) in [5.41, 5.74) is 5.20. The third-order valence-corrected chi connectivity index (χ3v) is 1.20. The third kappa shape index (κ3) is 4.49. The molecular formula is C8H13FN2O. The first kappa shape index (κ1) is 10.7. The van der Waals surface area contributed by atoms with E-state index >= 15 is 0 Å². The van der Waals surface area contributed by atoms with Crippen LogP contribution in [0.1, 0.15) is 19.3 Å². The van der Waals surface area contributed by atoms with Gasteiger partial charge in [-0.1, -0.05) is 19.3 Å². The molecule has 1 aromatic heterocycles. The minimum absolute atomic E-state index is 0. The first-order valence-electron chi connectivity index (χ1n) is 3.74. The molecule has 0 aromatic carbocycles. The Morgan fingerprint density at radius 3 is 2.17 bits per heavy atom. The molecule has 0 unspecified atom stereocenters. The van der Waals surface area contributed by atoms with Crippen molar-refractivity contribution in [2.45, 2.75) is 19.3 Å². The molecule has 1 heterocycles. The van der Waals surface area contributed by atoms with Gasteiger partial charge in [0.25, 0.3) is 5.56 Å². The normalized spacial score (nSPS) is 12.0. The van der Waals surface area contributed by atoms with Crippen molar-refractivity contribution in [1.29, 1.82) is 0 Å². The number of hydrogen-bond donors (Lipinski definition) is 2. The first-order chi connectivity index (χ1) is 5.30. The van der Waals surface area contributed by atoms with Crippen molar-refractivity contribution < 1.29 is 4.70 Å². The van der Waals surface area contributed by atoms with Gasteiger partial charge in [0.2, 0.25) is 0 Å². The summed E-state index contributed by atoms with van der Waals surface area (Å²) in [4.78, 5) is 12.9. The van der Waals surface area contributed by atoms with Crippen LogP contribution in [0.2, 0.25) is 0 Å². The van der Waals surface area contributed by atoms with Crippen molar-refractivity contribution in [2.75, 3.05) is 5.73 Å². The van der Waals surface area contributed by atoms with E-state index in [4.69, 9.17) is 5.73 Å². The van der Waals surface area contributed by atoms with Crippen molar-refractivity contribution in [3.05, 3.63) is 28.7 Å². The maximum Gasteiger partial charge on any atom is 0.271 e. The fraction of sp³-hybridized carbons (Fsp3) is 0.375. The van der Waals surface area contributed by atoms with Crippen LogP contribution < -0.4 is 11.3 Å². The molecule has 4 heteroatoms. The van der Waals surface area contributed by atoms with Gasteiger partial charge in [0.15, 0.2) is 0 Å². The monoisotopic (exact) mass is 172 g/mol. The van der Waals surface area contributed by atoms with Gasteiger partial charge in [-0.15, -0.1) is 0 Å². The predicted molar refractivity (Wildman–Crippen MR) is 47.8 cm³/mol. The van der Waals surface area contributed by atoms with Crippen molar-refractivity contribution >= 4 is 5.69 Å². The van der Waals surface area contributed by atoms with Gasteiger partial charge in [-0.05, 0) is 12.1 Å². The molecule has 1 aliphatic carbocycles. The molecule has 0 spiro atoms. The van der Waals surface area contributed by atoms with E-state index < -0.39 is 0 Å². The molecular weight excluding hydrogens is 159 g/mol. The van der Waals surface area contributed by atoms with Gasteiger partial charge in [0, 0.05) is 6.20 Å². The van der Waals surface area contributed by atoms with Crippen LogP contribution in [0.15, 0.2) is 23.1 Å². The van der Waals surface area contributed by atoms with Crippen LogP contribution in [0, 0.1) is 0 Å². The number of pyridine rings is 1. The second-order valence-corrected chi connectivity index (χ2v) is 2.52. The highest BCUT2D eigenvalue weighted by atomic mass is 19.0. The number of aromatic amines is 1. The molecule has 0 aliphatic heterocycles. The van der Waals surface area contributed by atoms with E-state index in [9.17, 15) is 4.79 Å². The second-order valence-electron chi connectivity index (χ2n) is 2.52. The molecule has 2 rings (SSSR count). The highest BCUT2D eigenvalue weighted by molar-refractivity contribution is 5.32. The van der Waals surface area contributed by atoms with Crippen molar-refractivity contribution in [3.8, 4) is 0 Å². The fourth-order valence-corrected chi connectivity index (χ4v) is 0.435. The first-order valence-corrected chi connectivity index (χ1v) is 3.74. The number of nitrogens with one attached hydrogen (secondary N) is 1. The number of anilines is 1. The van der Waals surface area contributed by atoms with Crippen LogP contribution in [0.4, 0.5) is 10.4 Å². The van der Waals surface area contributed by atoms with Gasteiger partial charge in [-0.3, -0.25) is 9.50 Å². The quantitative estimate of drug-likeness (QED) is 0.619. The summed E-state index contributed by atoms with van der Waals surface area (Å²) < 4.78 is 0. The van der Waals surface area contributed by atoms with Crippen LogP contribution in [-0.4, -0.2) is 4.98 Å². The topological polar surface area (TPSA) is 58.9 Å². The van der Waals surface area contributed by atoms with Crippen LogP contribution in [0.3, 0.4) is 0 Å². The van der Waals surface area contributed by atoms with Gasteiger partial charge in [-0.2, -0.15) is 0 Å². The van der Waals surface area contributed by atoms with Gasteiger partial charge in [0.1, 0.15) is 0 Å². The zero-order valence-corrected chi connectivity index (χ0v) is 6.75. The lowest BCUT2D eigenvalue weighted by atomic mass is 10.4. The average molecular weight is 172 g/mol. The van der Waals surface area contributed by atoms with E-state index in [0.717, 1.165) is 0 Å². The fourth-order valence-electron chi connectivity index (χ4n) is 0.435. The zero-order valence-electron chi connectivity index (χ0n) is 6.75. The number of nitrogen functional groups attached to an aromatic ring is 1. The SMILES string of the molecule is C1CC1.F.Nc1ccc[nH]c1=O. The Hall–Kier alpha value is -1.32. The minimum Gasteiger partial charge on any atom is -0.394 e. The summed E-state index contributed by atoms with van der Waals surface area (Å²) in [6, 6.07) is 3.23. The summed E-state index contributed by atoms with van der Waals surface area (Å²) in [7, 11) is 0. The van der Waals surface area contributed by atoms with E-state index in [-0.39, 0.29) is 16.0 Å². The Bertz CT molecular complexity index is 267. The molecule has 0 amide bonds. The molecule has 0 saturated heterocycles. The largest absolute Gasteiger partial charge is 0.394 e. The van der Waals surface area contributed by atoms with Gasteiger partial charge in [-0.25, -0.2) is 0 Å². The minimum atomic E-state index is -0.229. The van der Waals surface area contributed by atoms with E-state index in [1.807, 2.05) is 0 Å². The molecule has 1 saturated carbocycles. The number of nitrogens with two attached hydrogens (primary N) is 1. The lowest BCUT2D eigenvalue weighted by Crippen LogP contribution is -2.08. The molecule has 12 heavy (non-hydrogen) atoms. The van der Waals surface area contributed by atoms with E-state index in [0.29, 0.717) is 0 Å². The number of aromatic nitrogens is 1. The summed E-state index contributed by atoms with van der Waals surface area (Å²) in [6.45, 7) is 0. The molecule has 3 nitrogen and oxygen atoms in total. The van der Waals surface area contributed by atoms with Gasteiger partial charge in [0.05, 0.1) is 5.69 Å². The molecule has 1 aliphatic rings. The molecule has 0 bridgehead atoms. The standard InChI is InChI=1S/C5H6N2O.C3H6.FH/c6-4-2-1-3-7-5(4)8;1-2-3-1;/h1-3H,6H2,(H,7,8);1-3H2;1H. The summed E-state index contributed by atoms with van der Waals surface area (Å²) in [5.74, 6) is 0. The molecule has 1 aromatic rings. The second kappa shape index (κ2) is 5.35. The van der Waals surface area contributed by atoms with Crippen LogP contribution >= 0.6 is 0 Å². The lowest BCUT2D eigenvalue weighted by molar-refractivity contribution is 1.11. The van der Waals surface area contributed by atoms with Gasteiger partial charge < -0.3 is 10.7 Å². The Labute approximate surface area is 70.0 Å². The summed E-state index contributed by atoms with van der Waals surface area (Å²) in [6.07, 6.45) is 6.04. The Balaban J connectivity index is 0.000000257. The highest BCUT2D eigenvalue weighted by Crippen LogP contribution is 2.14. The van der Waals surface area contributed by atoms with Crippen LogP contribution in [0.25, 0.3) is 0 Å². The molecule has 1 fully saturated rings. The Morgan fingerprint density at radius 2 is 1.92 bits per heavy atom. The Morgan fingerprint density at radius 1 is 1.33 bits per heavy atom. The molecule has 68 valence electrons. The average Bonchev–Trinajstić information content (AvgIpc) is 2.80. The zero-order chi connectivity index (χ0) is 8.10. The lowest BCUT2D eigenvalue weighted by Gasteiger charge is -1.84. The van der Waals surface area contributed by atoms with Crippen molar-refractivity contribution in [3.63, 3.8) is 0 Å². The number of rotatable bonds is 0. The predicted octanol–water partition coefficient (Wildman–Crippen LogP) is 1.28. The smallest absolute Gasteiger partial charge is 0.271 e. The van der Waals surface area contributed by atoms with Crippen LogP contribution in [0.5, 0.6) is 0 Å². The summed E-state index contributed by atoms with van der Waals surface area (Å²) in [5, 5.41) is 0. The number of halogens is 1. The highest BCUT2D eigenvalue weighted by Gasteiger charge is 1.95. The maximum absolute atomic E-state index is 10.4. The number of hydrogen-bond acceptors (Lipinski definition) is 2. The van der Waals surface area contributed by atoms with E-state index in [1.54, 1.807) is 18.3 Å². The Kier molecular flexibility index (Phi) is 4.76. The van der Waals surface area contributed by atoms with Crippen molar-refractivity contribution in [2.24, 2.45) is 0 Å². The number of H-pyrrole nitrogens is 1. The van der Waals surface area contributed by atoms with E-state index in [2.05, 4.69) is 4.98 Å².